The first-order chi connectivity index (χ1) is 14.4. The van der Waals surface area contributed by atoms with Gasteiger partial charge in [0.1, 0.15) is 5.56 Å². The summed E-state index contributed by atoms with van der Waals surface area (Å²) in [4.78, 5) is 26.3. The van der Waals surface area contributed by atoms with E-state index in [9.17, 15) is 23.5 Å². The quantitative estimate of drug-likeness (QED) is 0.637. The van der Waals surface area contributed by atoms with E-state index in [0.29, 0.717) is 5.56 Å². The third kappa shape index (κ3) is 3.18. The minimum Gasteiger partial charge on any atom is -0.477 e. The summed E-state index contributed by atoms with van der Waals surface area (Å²) in [7, 11) is 0. The molecule has 30 heavy (non-hydrogen) atoms. The molecule has 0 spiro atoms. The Kier molecular flexibility index (Phi) is 4.59. The Balaban J connectivity index is 1.81. The summed E-state index contributed by atoms with van der Waals surface area (Å²) >= 11 is 1.53. The van der Waals surface area contributed by atoms with Crippen LogP contribution in [0.1, 0.15) is 39.7 Å². The van der Waals surface area contributed by atoms with E-state index in [1.54, 1.807) is 10.6 Å². The Morgan fingerprint density at radius 2 is 2.13 bits per heavy atom. The smallest absolute Gasteiger partial charge is 0.387 e. The Morgan fingerprint density at radius 1 is 1.33 bits per heavy atom. The molecule has 2 aromatic heterocycles. The largest absolute Gasteiger partial charge is 0.477 e. The number of thiophene rings is 1. The number of aromatic nitrogens is 1. The molecule has 2 aliphatic rings. The fraction of sp³-hybridized carbons (Fsp3) is 0.333. The molecule has 1 aliphatic carbocycles. The van der Waals surface area contributed by atoms with Crippen molar-refractivity contribution in [3.63, 3.8) is 0 Å². The molecule has 1 fully saturated rings. The molecule has 0 unspecified atom stereocenters. The predicted octanol–water partition coefficient (Wildman–Crippen LogP) is 4.01. The van der Waals surface area contributed by atoms with Gasteiger partial charge in [0, 0.05) is 40.6 Å². The van der Waals surface area contributed by atoms with E-state index in [4.69, 9.17) is 4.74 Å². The van der Waals surface area contributed by atoms with Crippen LogP contribution in [0.2, 0.25) is 0 Å². The van der Waals surface area contributed by atoms with Gasteiger partial charge >= 0.3 is 12.6 Å². The van der Waals surface area contributed by atoms with Gasteiger partial charge in [-0.15, -0.1) is 11.3 Å². The van der Waals surface area contributed by atoms with Crippen molar-refractivity contribution in [3.05, 3.63) is 50.6 Å². The number of carbonyl (C=O) groups is 1. The highest BCUT2D eigenvalue weighted by Crippen LogP contribution is 2.45. The number of fused-ring (bicyclic) bond motifs is 2. The number of carboxylic acids is 1. The van der Waals surface area contributed by atoms with Crippen LogP contribution in [0.3, 0.4) is 0 Å². The summed E-state index contributed by atoms with van der Waals surface area (Å²) in [6.45, 7) is -1.49. The van der Waals surface area contributed by atoms with E-state index >= 15 is 0 Å². The number of aromatic carboxylic acids is 1. The molecule has 0 amide bonds. The van der Waals surface area contributed by atoms with Crippen molar-refractivity contribution in [1.82, 2.24) is 9.88 Å². The predicted molar refractivity (Wildman–Crippen MR) is 109 cm³/mol. The number of pyridine rings is 1. The standard InChI is InChI=1S/C21H18F2N2O4S/c22-21(23)29-19-12(16-7-10-8-24-6-5-15(10)30-16)3-4-13-17(19)25(11-1-2-11)9-14(18(13)26)20(27)28/h3-4,7,9,11,21,24H,1-2,5-6,8H2,(H,27,28). The number of halogens is 2. The third-order valence-electron chi connectivity index (χ3n) is 5.53. The maximum atomic E-state index is 13.4. The lowest BCUT2D eigenvalue weighted by Crippen LogP contribution is -2.21. The molecule has 156 valence electrons. The van der Waals surface area contributed by atoms with E-state index in [-0.39, 0.29) is 28.3 Å². The lowest BCUT2D eigenvalue weighted by Gasteiger charge is -2.18. The second kappa shape index (κ2) is 7.17. The minimum absolute atomic E-state index is 0.0396. The van der Waals surface area contributed by atoms with Crippen LogP contribution < -0.4 is 15.5 Å². The van der Waals surface area contributed by atoms with Gasteiger partial charge in [-0.05, 0) is 43.0 Å². The van der Waals surface area contributed by atoms with Gasteiger partial charge in [0.25, 0.3) is 0 Å². The molecule has 0 bridgehead atoms. The van der Waals surface area contributed by atoms with Crippen LogP contribution in [0.25, 0.3) is 21.3 Å². The highest BCUT2D eigenvalue weighted by Gasteiger charge is 2.30. The molecule has 1 aromatic carbocycles. The number of rotatable bonds is 5. The molecule has 9 heteroatoms. The van der Waals surface area contributed by atoms with E-state index in [1.165, 1.54) is 28.5 Å². The first-order valence-corrected chi connectivity index (χ1v) is 10.5. The molecule has 3 heterocycles. The van der Waals surface area contributed by atoms with E-state index < -0.39 is 18.0 Å². The van der Waals surface area contributed by atoms with Gasteiger partial charge in [-0.1, -0.05) is 0 Å². The molecule has 3 aromatic rings. The lowest BCUT2D eigenvalue weighted by atomic mass is 10.0. The Morgan fingerprint density at radius 3 is 2.80 bits per heavy atom. The second-order valence-electron chi connectivity index (χ2n) is 7.52. The maximum Gasteiger partial charge on any atom is 0.387 e. The van der Waals surface area contributed by atoms with Crippen molar-refractivity contribution >= 4 is 28.2 Å². The van der Waals surface area contributed by atoms with Crippen LogP contribution in [-0.2, 0) is 13.0 Å². The van der Waals surface area contributed by atoms with Crippen molar-refractivity contribution < 1.29 is 23.4 Å². The molecule has 5 rings (SSSR count). The van der Waals surface area contributed by atoms with Crippen LogP contribution >= 0.6 is 11.3 Å². The van der Waals surface area contributed by atoms with Crippen molar-refractivity contribution in [2.24, 2.45) is 0 Å². The Labute approximate surface area is 173 Å². The molecule has 1 saturated carbocycles. The fourth-order valence-corrected chi connectivity index (χ4v) is 5.20. The minimum atomic E-state index is -3.08. The normalized spacial score (nSPS) is 16.1. The highest BCUT2D eigenvalue weighted by atomic mass is 32.1. The molecule has 0 atom stereocenters. The molecular formula is C21H18F2N2O4S. The zero-order valence-electron chi connectivity index (χ0n) is 15.8. The summed E-state index contributed by atoms with van der Waals surface area (Å²) < 4.78 is 33.4. The molecule has 2 N–H and O–H groups in total. The van der Waals surface area contributed by atoms with Crippen molar-refractivity contribution in [2.45, 2.75) is 38.5 Å². The fourth-order valence-electron chi connectivity index (χ4n) is 4.00. The van der Waals surface area contributed by atoms with E-state index in [0.717, 1.165) is 42.8 Å². The van der Waals surface area contributed by atoms with Crippen molar-refractivity contribution in [3.8, 4) is 16.2 Å². The van der Waals surface area contributed by atoms with Crippen molar-refractivity contribution in [2.75, 3.05) is 6.54 Å². The van der Waals surface area contributed by atoms with Gasteiger partial charge in [0.2, 0.25) is 5.43 Å². The number of hydrogen-bond acceptors (Lipinski definition) is 5. The SMILES string of the molecule is O=C(O)c1cn(C2CC2)c2c(OC(F)F)c(-c3cc4c(s3)CCNC4)ccc2c1=O. The van der Waals surface area contributed by atoms with Gasteiger partial charge in [0.05, 0.1) is 10.9 Å². The van der Waals surface area contributed by atoms with Gasteiger partial charge in [-0.2, -0.15) is 8.78 Å². The number of benzene rings is 1. The highest BCUT2D eigenvalue weighted by molar-refractivity contribution is 7.15. The van der Waals surface area contributed by atoms with Gasteiger partial charge in [0.15, 0.2) is 5.75 Å². The van der Waals surface area contributed by atoms with Crippen LogP contribution in [-0.4, -0.2) is 28.8 Å². The van der Waals surface area contributed by atoms with E-state index in [1.807, 2.05) is 6.07 Å². The van der Waals surface area contributed by atoms with Gasteiger partial charge in [-0.3, -0.25) is 4.79 Å². The van der Waals surface area contributed by atoms with Gasteiger partial charge in [-0.25, -0.2) is 4.79 Å². The van der Waals surface area contributed by atoms with E-state index in [2.05, 4.69) is 5.32 Å². The Bertz CT molecular complexity index is 1210. The monoisotopic (exact) mass is 432 g/mol. The van der Waals surface area contributed by atoms with Crippen LogP contribution in [0.5, 0.6) is 5.75 Å². The average molecular weight is 432 g/mol. The summed E-state index contributed by atoms with van der Waals surface area (Å²) in [5.41, 5.74) is 0.775. The first-order valence-electron chi connectivity index (χ1n) is 9.66. The summed E-state index contributed by atoms with van der Waals surface area (Å²) in [5.74, 6) is -1.41. The number of carboxylic acid groups (broad SMARTS) is 1. The lowest BCUT2D eigenvalue weighted by molar-refractivity contribution is -0.0486. The summed E-state index contributed by atoms with van der Waals surface area (Å²) in [6, 6.07) is 5.03. The number of nitrogens with one attached hydrogen (secondary N) is 1. The zero-order chi connectivity index (χ0) is 21.0. The Hall–Kier alpha value is -2.78. The van der Waals surface area contributed by atoms with Crippen LogP contribution in [0, 0.1) is 0 Å². The van der Waals surface area contributed by atoms with Crippen molar-refractivity contribution in [1.29, 1.82) is 0 Å². The number of nitrogens with zero attached hydrogens (tertiary/aromatic N) is 1. The average Bonchev–Trinajstić information content (AvgIpc) is 3.46. The molecule has 6 nitrogen and oxygen atoms in total. The number of alkyl halides is 2. The van der Waals surface area contributed by atoms with Crippen LogP contribution in [0.4, 0.5) is 8.78 Å². The van der Waals surface area contributed by atoms with Crippen LogP contribution in [0.15, 0.2) is 29.2 Å². The maximum absolute atomic E-state index is 13.4. The zero-order valence-corrected chi connectivity index (χ0v) is 16.6. The first kappa shape index (κ1) is 19.2. The number of hydrogen-bond donors (Lipinski definition) is 2. The molecule has 0 saturated heterocycles. The topological polar surface area (TPSA) is 80.6 Å². The number of ether oxygens (including phenoxy) is 1. The second-order valence-corrected chi connectivity index (χ2v) is 8.66. The third-order valence-corrected chi connectivity index (χ3v) is 6.80. The summed E-state index contributed by atoms with van der Waals surface area (Å²) in [5, 5.41) is 12.8. The molecule has 0 radical (unpaired) electrons. The molecular weight excluding hydrogens is 414 g/mol. The summed E-state index contributed by atoms with van der Waals surface area (Å²) in [6.07, 6.45) is 3.70. The van der Waals surface area contributed by atoms with Gasteiger partial charge < -0.3 is 19.7 Å². The molecule has 1 aliphatic heterocycles.